The molecule has 4 rings (SSSR count). The highest BCUT2D eigenvalue weighted by molar-refractivity contribution is 7.99. The van der Waals surface area contributed by atoms with Gasteiger partial charge in [0, 0.05) is 36.7 Å². The molecule has 0 bridgehead atoms. The minimum absolute atomic E-state index is 0.0805. The lowest BCUT2D eigenvalue weighted by Crippen LogP contribution is -2.53. The van der Waals surface area contributed by atoms with Crippen molar-refractivity contribution in [1.82, 2.24) is 9.80 Å². The topological polar surface area (TPSA) is 59.1 Å². The monoisotopic (exact) mass is 560 g/mol. The molecule has 0 saturated carbocycles. The van der Waals surface area contributed by atoms with Gasteiger partial charge in [0.1, 0.15) is 11.4 Å². The van der Waals surface area contributed by atoms with Crippen molar-refractivity contribution in [3.63, 3.8) is 0 Å². The number of methoxy groups -OCH3 is 1. The average Bonchev–Trinajstić information content (AvgIpc) is 2.94. The van der Waals surface area contributed by atoms with Crippen molar-refractivity contribution in [2.45, 2.75) is 44.9 Å². The van der Waals surface area contributed by atoms with E-state index >= 15 is 0 Å². The molecule has 6 nitrogen and oxygen atoms in total. The number of para-hydroxylation sites is 1. The second-order valence-corrected chi connectivity index (χ2v) is 12.3. The molecule has 0 radical (unpaired) electrons. The van der Waals surface area contributed by atoms with E-state index in [9.17, 15) is 9.59 Å². The highest BCUT2D eigenvalue weighted by Gasteiger charge is 2.33. The number of ketones is 1. The molecule has 1 atom stereocenters. The molecule has 40 heavy (non-hydrogen) atoms. The molecule has 7 heteroatoms. The van der Waals surface area contributed by atoms with Crippen LogP contribution in [0.1, 0.15) is 43.4 Å². The summed E-state index contributed by atoms with van der Waals surface area (Å²) >= 11 is 1.83. The third-order valence-electron chi connectivity index (χ3n) is 6.88. The molecule has 3 aromatic carbocycles. The van der Waals surface area contributed by atoms with Gasteiger partial charge >= 0.3 is 6.09 Å². The first kappa shape index (κ1) is 29.7. The molecule has 1 amide bonds. The van der Waals surface area contributed by atoms with E-state index in [1.54, 1.807) is 7.11 Å². The van der Waals surface area contributed by atoms with Gasteiger partial charge in [-0.05, 0) is 38.0 Å². The fourth-order valence-electron chi connectivity index (χ4n) is 5.09. The fourth-order valence-corrected chi connectivity index (χ4v) is 6.14. The Morgan fingerprint density at radius 2 is 1.55 bits per heavy atom. The zero-order valence-corrected chi connectivity index (χ0v) is 24.7. The number of carbonyl (C=O) groups excluding carboxylic acids is 2. The van der Waals surface area contributed by atoms with Crippen LogP contribution in [0.15, 0.2) is 84.9 Å². The fraction of sp³-hybridized carbons (Fsp3) is 0.394. The van der Waals surface area contributed by atoms with Gasteiger partial charge < -0.3 is 14.4 Å². The van der Waals surface area contributed by atoms with Crippen LogP contribution < -0.4 is 4.74 Å². The maximum atomic E-state index is 14.2. The summed E-state index contributed by atoms with van der Waals surface area (Å²) in [5.41, 5.74) is 2.37. The Bertz CT molecular complexity index is 1210. The lowest BCUT2D eigenvalue weighted by Gasteiger charge is -2.39. The SMILES string of the molecule is COc1ccccc1CN(CC(=O)C(c1ccccc1)c1ccccc1)C[C@@H]1CSCCN1C(=O)OC(C)(C)C. The zero-order valence-electron chi connectivity index (χ0n) is 23.9. The van der Waals surface area contributed by atoms with Crippen molar-refractivity contribution in [2.24, 2.45) is 0 Å². The molecule has 1 aliphatic rings. The summed E-state index contributed by atoms with van der Waals surface area (Å²) in [5.74, 6) is 2.16. The van der Waals surface area contributed by atoms with Crippen LogP contribution in [0.5, 0.6) is 5.75 Å². The molecule has 1 saturated heterocycles. The largest absolute Gasteiger partial charge is 0.496 e. The maximum absolute atomic E-state index is 14.2. The van der Waals surface area contributed by atoms with Crippen LogP contribution in [-0.4, -0.2) is 71.6 Å². The second kappa shape index (κ2) is 13.9. The lowest BCUT2D eigenvalue weighted by molar-refractivity contribution is -0.121. The van der Waals surface area contributed by atoms with Gasteiger partial charge in [-0.2, -0.15) is 11.8 Å². The van der Waals surface area contributed by atoms with Crippen molar-refractivity contribution in [3.05, 3.63) is 102 Å². The minimum Gasteiger partial charge on any atom is -0.496 e. The molecule has 212 valence electrons. The highest BCUT2D eigenvalue weighted by Crippen LogP contribution is 2.28. The first-order valence-electron chi connectivity index (χ1n) is 13.8. The van der Waals surface area contributed by atoms with E-state index in [0.717, 1.165) is 33.9 Å². The smallest absolute Gasteiger partial charge is 0.410 e. The predicted octanol–water partition coefficient (Wildman–Crippen LogP) is 6.25. The number of Topliss-reactive ketones (excluding diaryl/α,β-unsaturated/α-hetero) is 1. The van der Waals surface area contributed by atoms with Gasteiger partial charge in [-0.3, -0.25) is 9.69 Å². The number of rotatable bonds is 10. The number of thioether (sulfide) groups is 1. The molecule has 0 spiro atoms. The van der Waals surface area contributed by atoms with Gasteiger partial charge in [0.2, 0.25) is 0 Å². The van der Waals surface area contributed by atoms with Gasteiger partial charge in [-0.1, -0.05) is 78.9 Å². The quantitative estimate of drug-likeness (QED) is 0.292. The van der Waals surface area contributed by atoms with Gasteiger partial charge in [0.05, 0.1) is 25.6 Å². The van der Waals surface area contributed by atoms with Crippen LogP contribution in [0.3, 0.4) is 0 Å². The molecule has 0 aliphatic carbocycles. The summed E-state index contributed by atoms with van der Waals surface area (Å²) in [4.78, 5) is 31.3. The van der Waals surface area contributed by atoms with E-state index in [2.05, 4.69) is 4.90 Å². The van der Waals surface area contributed by atoms with Crippen molar-refractivity contribution >= 4 is 23.6 Å². The van der Waals surface area contributed by atoms with Gasteiger partial charge in [0.15, 0.2) is 5.78 Å². The Morgan fingerprint density at radius 3 is 2.15 bits per heavy atom. The van der Waals surface area contributed by atoms with Crippen LogP contribution in [0.4, 0.5) is 4.79 Å². The average molecular weight is 561 g/mol. The van der Waals surface area contributed by atoms with Crippen molar-refractivity contribution < 1.29 is 19.1 Å². The van der Waals surface area contributed by atoms with E-state index in [0.29, 0.717) is 19.6 Å². The second-order valence-electron chi connectivity index (χ2n) is 11.1. The number of nitrogens with zero attached hydrogens (tertiary/aromatic N) is 2. The summed E-state index contributed by atoms with van der Waals surface area (Å²) in [6, 6.07) is 27.7. The van der Waals surface area contributed by atoms with E-state index in [-0.39, 0.29) is 30.4 Å². The van der Waals surface area contributed by atoms with Crippen LogP contribution in [0.25, 0.3) is 0 Å². The predicted molar refractivity (Wildman–Crippen MR) is 162 cm³/mol. The molecule has 1 fully saturated rings. The Hall–Kier alpha value is -3.29. The van der Waals surface area contributed by atoms with E-state index < -0.39 is 5.60 Å². The standard InChI is InChI=1S/C33H40N2O4S/c1-33(2,3)39-32(37)35-19-20-40-24-28(35)22-34(21-27-17-11-12-18-30(27)38-4)23-29(36)31(25-13-7-5-8-14-25)26-15-9-6-10-16-26/h5-18,28,31H,19-24H2,1-4H3/t28-/m1/s1. The number of ether oxygens (including phenoxy) is 2. The van der Waals surface area contributed by atoms with Crippen LogP contribution in [-0.2, 0) is 16.1 Å². The normalized spacial score (nSPS) is 15.8. The number of amides is 1. The van der Waals surface area contributed by atoms with Crippen LogP contribution in [0.2, 0.25) is 0 Å². The minimum atomic E-state index is -0.572. The van der Waals surface area contributed by atoms with Crippen LogP contribution >= 0.6 is 11.8 Å². The summed E-state index contributed by atoms with van der Waals surface area (Å²) in [6.07, 6.45) is -0.298. The molecule has 1 aliphatic heterocycles. The van der Waals surface area contributed by atoms with Crippen molar-refractivity contribution in [2.75, 3.05) is 38.2 Å². The summed E-state index contributed by atoms with van der Waals surface area (Å²) in [7, 11) is 1.66. The van der Waals surface area contributed by atoms with E-state index in [4.69, 9.17) is 9.47 Å². The third kappa shape index (κ3) is 8.12. The van der Waals surface area contributed by atoms with Gasteiger partial charge in [-0.25, -0.2) is 4.79 Å². The summed E-state index contributed by atoms with van der Waals surface area (Å²) in [6.45, 7) is 7.59. The first-order valence-corrected chi connectivity index (χ1v) is 14.9. The van der Waals surface area contributed by atoms with Crippen molar-refractivity contribution in [1.29, 1.82) is 0 Å². The lowest BCUT2D eigenvalue weighted by atomic mass is 9.87. The number of hydrogen-bond acceptors (Lipinski definition) is 6. The Morgan fingerprint density at radius 1 is 0.950 bits per heavy atom. The van der Waals surface area contributed by atoms with E-state index in [1.165, 1.54) is 0 Å². The maximum Gasteiger partial charge on any atom is 0.410 e. The van der Waals surface area contributed by atoms with Crippen LogP contribution in [0, 0.1) is 0 Å². The number of hydrogen-bond donors (Lipinski definition) is 0. The zero-order chi connectivity index (χ0) is 28.5. The van der Waals surface area contributed by atoms with Crippen molar-refractivity contribution in [3.8, 4) is 5.75 Å². The van der Waals surface area contributed by atoms with E-state index in [1.807, 2.05) is 122 Å². The molecular formula is C33H40N2O4S. The Kier molecular flexibility index (Phi) is 10.3. The van der Waals surface area contributed by atoms with Gasteiger partial charge in [0.25, 0.3) is 0 Å². The molecule has 3 aromatic rings. The summed E-state index contributed by atoms with van der Waals surface area (Å²) < 4.78 is 11.4. The molecule has 0 N–H and O–H groups in total. The third-order valence-corrected chi connectivity index (χ3v) is 7.97. The molecule has 0 unspecified atom stereocenters. The first-order chi connectivity index (χ1) is 19.2. The number of benzene rings is 3. The molecule has 0 aromatic heterocycles. The number of carbonyl (C=O) groups is 2. The molecular weight excluding hydrogens is 520 g/mol. The summed E-state index contributed by atoms with van der Waals surface area (Å²) in [5, 5.41) is 0. The highest BCUT2D eigenvalue weighted by atomic mass is 32.2. The molecule has 1 heterocycles. The Balaban J connectivity index is 1.63. The Labute approximate surface area is 242 Å². The van der Waals surface area contributed by atoms with Gasteiger partial charge in [-0.15, -0.1) is 0 Å².